The summed E-state index contributed by atoms with van der Waals surface area (Å²) in [7, 11) is 0. The molecule has 0 atom stereocenters. The Hall–Kier alpha value is -3.38. The molecule has 4 aromatic rings. The van der Waals surface area contributed by atoms with Crippen LogP contribution in [0.15, 0.2) is 67.0 Å². The average Bonchev–Trinajstić information content (AvgIpc) is 3.35. The van der Waals surface area contributed by atoms with Crippen LogP contribution in [0.5, 0.6) is 5.75 Å². The molecule has 37 heavy (non-hydrogen) atoms. The summed E-state index contributed by atoms with van der Waals surface area (Å²) in [5.41, 5.74) is 10.4. The number of anilines is 1. The van der Waals surface area contributed by atoms with Gasteiger partial charge in [-0.3, -0.25) is 4.40 Å². The van der Waals surface area contributed by atoms with Crippen molar-refractivity contribution in [2.45, 2.75) is 57.5 Å². The topological polar surface area (TPSA) is 68.7 Å². The van der Waals surface area contributed by atoms with Crippen molar-refractivity contribution in [3.05, 3.63) is 78.4 Å². The predicted molar refractivity (Wildman–Crippen MR) is 149 cm³/mol. The largest absolute Gasteiger partial charge is 0.489 e. The molecule has 0 bridgehead atoms. The number of nitrogens with two attached hydrogens (primary N) is 1. The molecule has 0 radical (unpaired) electrons. The lowest BCUT2D eigenvalue weighted by molar-refractivity contribution is 0.168. The zero-order valence-electron chi connectivity index (χ0n) is 21.6. The smallest absolute Gasteiger partial charge is 0.150 e. The van der Waals surface area contributed by atoms with Crippen molar-refractivity contribution in [1.29, 1.82) is 0 Å². The summed E-state index contributed by atoms with van der Waals surface area (Å²) in [5, 5.41) is 0. The number of likely N-dealkylation sites (tertiary alicyclic amines) is 1. The molecular weight excluding hydrogens is 458 g/mol. The van der Waals surface area contributed by atoms with Crippen molar-refractivity contribution in [3.63, 3.8) is 0 Å². The van der Waals surface area contributed by atoms with Crippen molar-refractivity contribution in [2.24, 2.45) is 5.92 Å². The summed E-state index contributed by atoms with van der Waals surface area (Å²) in [6.45, 7) is 4.37. The van der Waals surface area contributed by atoms with E-state index in [2.05, 4.69) is 38.6 Å². The summed E-state index contributed by atoms with van der Waals surface area (Å²) in [5.74, 6) is 3.71. The van der Waals surface area contributed by atoms with Crippen molar-refractivity contribution in [3.8, 4) is 17.0 Å². The highest BCUT2D eigenvalue weighted by molar-refractivity contribution is 5.85. The zero-order valence-corrected chi connectivity index (χ0v) is 21.6. The number of ether oxygens (including phenoxy) is 1. The Labute approximate surface area is 219 Å². The Kier molecular flexibility index (Phi) is 7.09. The van der Waals surface area contributed by atoms with Gasteiger partial charge in [-0.2, -0.15) is 0 Å². The molecule has 2 N–H and O–H groups in total. The van der Waals surface area contributed by atoms with Gasteiger partial charge >= 0.3 is 0 Å². The fraction of sp³-hybridized carbons (Fsp3) is 0.419. The Morgan fingerprint density at radius 3 is 2.54 bits per heavy atom. The van der Waals surface area contributed by atoms with E-state index in [0.717, 1.165) is 39.8 Å². The van der Waals surface area contributed by atoms with Crippen molar-refractivity contribution >= 4 is 11.3 Å². The van der Waals surface area contributed by atoms with E-state index in [-0.39, 0.29) is 0 Å². The second kappa shape index (κ2) is 10.9. The number of nitrogens with zero attached hydrogens (tertiary/aromatic N) is 4. The van der Waals surface area contributed by atoms with Gasteiger partial charge in [-0.05, 0) is 75.2 Å². The van der Waals surface area contributed by atoms with Gasteiger partial charge in [0.1, 0.15) is 35.2 Å². The van der Waals surface area contributed by atoms with E-state index >= 15 is 0 Å². The van der Waals surface area contributed by atoms with E-state index in [9.17, 15) is 0 Å². The van der Waals surface area contributed by atoms with Crippen molar-refractivity contribution < 1.29 is 4.74 Å². The van der Waals surface area contributed by atoms with Crippen LogP contribution in [-0.2, 0) is 6.61 Å². The molecule has 2 fully saturated rings. The molecule has 2 aliphatic rings. The lowest BCUT2D eigenvalue weighted by Crippen LogP contribution is -2.35. The van der Waals surface area contributed by atoms with Crippen LogP contribution in [-0.4, -0.2) is 38.9 Å². The fourth-order valence-corrected chi connectivity index (χ4v) is 6.16. The highest BCUT2D eigenvalue weighted by atomic mass is 16.5. The van der Waals surface area contributed by atoms with E-state index in [1.54, 1.807) is 6.20 Å². The van der Waals surface area contributed by atoms with Crippen LogP contribution in [0.3, 0.4) is 0 Å². The van der Waals surface area contributed by atoms with Gasteiger partial charge in [-0.15, -0.1) is 0 Å². The van der Waals surface area contributed by atoms with Gasteiger partial charge in [0.25, 0.3) is 0 Å². The molecule has 2 aromatic heterocycles. The second-order valence-electron chi connectivity index (χ2n) is 10.7. The van der Waals surface area contributed by atoms with Crippen LogP contribution in [0.25, 0.3) is 16.8 Å². The van der Waals surface area contributed by atoms with E-state index in [1.165, 1.54) is 64.6 Å². The molecule has 6 heteroatoms. The third-order valence-electron chi connectivity index (χ3n) is 8.14. The van der Waals surface area contributed by atoms with E-state index < -0.39 is 0 Å². The molecule has 0 spiro atoms. The minimum Gasteiger partial charge on any atom is -0.489 e. The first-order valence-electron chi connectivity index (χ1n) is 13.9. The number of rotatable bonds is 7. The molecular formula is C31H37N5O. The van der Waals surface area contributed by atoms with Gasteiger partial charge in [0.05, 0.1) is 0 Å². The number of fused-ring (bicyclic) bond motifs is 1. The standard InChI is InChI=1S/C31H37N5O/c32-30-29-28(26-10-7-11-27(20-26)37-22-24-8-3-1-4-9-24)34-31(36(29)19-16-33-30)25-14-12-23(13-15-25)21-35-17-5-2-6-18-35/h1,3-4,7-11,16,19-20,23,25H,2,5-6,12-15,17-18,21-22H2,(H2,32,33)/t23-,25-. The van der Waals surface area contributed by atoms with Gasteiger partial charge in [0, 0.05) is 30.4 Å². The Balaban J connectivity index is 1.22. The summed E-state index contributed by atoms with van der Waals surface area (Å²) in [4.78, 5) is 12.3. The maximum atomic E-state index is 6.43. The Morgan fingerprint density at radius 2 is 1.73 bits per heavy atom. The molecule has 1 aliphatic heterocycles. The first kappa shape index (κ1) is 24.0. The lowest BCUT2D eigenvalue weighted by atomic mass is 9.81. The monoisotopic (exact) mass is 495 g/mol. The van der Waals surface area contributed by atoms with Gasteiger partial charge in [-0.1, -0.05) is 48.9 Å². The first-order valence-corrected chi connectivity index (χ1v) is 13.9. The minimum atomic E-state index is 0.443. The average molecular weight is 496 g/mol. The normalized spacial score (nSPS) is 20.8. The number of piperidine rings is 1. The van der Waals surface area contributed by atoms with Crippen molar-refractivity contribution in [2.75, 3.05) is 25.4 Å². The van der Waals surface area contributed by atoms with Crippen LogP contribution in [0.4, 0.5) is 5.82 Å². The molecule has 1 aliphatic carbocycles. The zero-order chi connectivity index (χ0) is 25.0. The van der Waals surface area contributed by atoms with Gasteiger partial charge in [-0.25, -0.2) is 9.97 Å². The maximum Gasteiger partial charge on any atom is 0.150 e. The first-order chi connectivity index (χ1) is 18.2. The molecule has 3 heterocycles. The minimum absolute atomic E-state index is 0.443. The molecule has 0 unspecified atom stereocenters. The quantitative estimate of drug-likeness (QED) is 0.325. The summed E-state index contributed by atoms with van der Waals surface area (Å²) in [6.07, 6.45) is 12.9. The lowest BCUT2D eigenvalue weighted by Gasteiger charge is -2.34. The highest BCUT2D eigenvalue weighted by Gasteiger charge is 2.28. The van der Waals surface area contributed by atoms with E-state index in [4.69, 9.17) is 15.5 Å². The summed E-state index contributed by atoms with van der Waals surface area (Å²) < 4.78 is 8.29. The number of benzene rings is 2. The van der Waals surface area contributed by atoms with Gasteiger partial charge in [0.2, 0.25) is 0 Å². The van der Waals surface area contributed by atoms with Crippen LogP contribution in [0.2, 0.25) is 0 Å². The maximum absolute atomic E-state index is 6.43. The molecule has 0 amide bonds. The third-order valence-corrected chi connectivity index (χ3v) is 8.14. The number of imidazole rings is 1. The number of hydrogen-bond acceptors (Lipinski definition) is 5. The SMILES string of the molecule is Nc1nccn2c1c(-c1cccc(OCc3ccccc3)c1)nc2[C@H]1CC[C@H](CN2CCCCC2)CC1. The van der Waals surface area contributed by atoms with Gasteiger partial charge in [0.15, 0.2) is 0 Å². The summed E-state index contributed by atoms with van der Waals surface area (Å²) >= 11 is 0. The third kappa shape index (κ3) is 5.35. The summed E-state index contributed by atoms with van der Waals surface area (Å²) in [6, 6.07) is 18.4. The predicted octanol–water partition coefficient (Wildman–Crippen LogP) is 6.32. The molecule has 6 nitrogen and oxygen atoms in total. The number of aromatic nitrogens is 3. The van der Waals surface area contributed by atoms with Crippen LogP contribution < -0.4 is 10.5 Å². The fourth-order valence-electron chi connectivity index (χ4n) is 6.16. The van der Waals surface area contributed by atoms with E-state index in [0.29, 0.717) is 18.3 Å². The molecule has 6 rings (SSSR count). The molecule has 1 saturated carbocycles. The number of hydrogen-bond donors (Lipinski definition) is 1. The molecule has 192 valence electrons. The van der Waals surface area contributed by atoms with E-state index in [1.807, 2.05) is 36.5 Å². The Morgan fingerprint density at radius 1 is 0.919 bits per heavy atom. The van der Waals surface area contributed by atoms with Crippen molar-refractivity contribution in [1.82, 2.24) is 19.3 Å². The van der Waals surface area contributed by atoms with Crippen LogP contribution in [0, 0.1) is 5.92 Å². The molecule has 1 saturated heterocycles. The number of nitrogen functional groups attached to an aromatic ring is 1. The van der Waals surface area contributed by atoms with Crippen LogP contribution in [0.1, 0.15) is 62.3 Å². The van der Waals surface area contributed by atoms with Gasteiger partial charge < -0.3 is 15.4 Å². The molecule has 2 aromatic carbocycles. The van der Waals surface area contributed by atoms with Crippen LogP contribution >= 0.6 is 0 Å². The Bertz CT molecular complexity index is 1320. The second-order valence-corrected chi connectivity index (χ2v) is 10.7. The highest BCUT2D eigenvalue weighted by Crippen LogP contribution is 2.39.